The number of rotatable bonds is 6. The van der Waals surface area contributed by atoms with E-state index in [1.54, 1.807) is 12.1 Å². The number of amides is 3. The molecule has 0 aliphatic carbocycles. The van der Waals surface area contributed by atoms with Gasteiger partial charge in [-0.3, -0.25) is 24.1 Å². The number of hydrogen-bond acceptors (Lipinski definition) is 5. The first-order valence-electron chi connectivity index (χ1n) is 8.47. The second-order valence-electron chi connectivity index (χ2n) is 6.19. The number of benzene rings is 2. The van der Waals surface area contributed by atoms with Gasteiger partial charge in [0.25, 0.3) is 11.8 Å². The summed E-state index contributed by atoms with van der Waals surface area (Å²) in [6.07, 6.45) is -0.185. The van der Waals surface area contributed by atoms with Crippen molar-refractivity contribution in [3.8, 4) is 0 Å². The fourth-order valence-corrected chi connectivity index (χ4v) is 2.96. The van der Waals surface area contributed by atoms with Gasteiger partial charge in [0.05, 0.1) is 30.7 Å². The Balaban J connectivity index is 1.74. The van der Waals surface area contributed by atoms with Gasteiger partial charge in [-0.05, 0) is 29.8 Å². The number of esters is 1. The molecule has 2 aromatic rings. The van der Waals surface area contributed by atoms with E-state index in [1.807, 2.05) is 0 Å². The highest BCUT2D eigenvalue weighted by atomic mass is 19.1. The molecule has 0 aromatic heterocycles. The molecule has 144 valence electrons. The number of methoxy groups -OCH3 is 1. The van der Waals surface area contributed by atoms with Crippen LogP contribution < -0.4 is 5.32 Å². The zero-order valence-electron chi connectivity index (χ0n) is 15.0. The van der Waals surface area contributed by atoms with E-state index in [-0.39, 0.29) is 17.5 Å². The van der Waals surface area contributed by atoms with E-state index < -0.39 is 42.1 Å². The molecule has 3 amide bonds. The average Bonchev–Trinajstić information content (AvgIpc) is 2.93. The predicted octanol–water partition coefficient (Wildman–Crippen LogP) is 1.84. The maximum absolute atomic E-state index is 13.2. The zero-order valence-corrected chi connectivity index (χ0v) is 15.0. The number of imide groups is 1. The summed E-state index contributed by atoms with van der Waals surface area (Å²) in [5.74, 6) is -2.77. The van der Waals surface area contributed by atoms with Crippen LogP contribution in [0.2, 0.25) is 0 Å². The zero-order chi connectivity index (χ0) is 20.3. The third-order valence-corrected chi connectivity index (χ3v) is 4.39. The molecule has 7 nitrogen and oxygen atoms in total. The van der Waals surface area contributed by atoms with Crippen LogP contribution in [-0.4, -0.2) is 42.2 Å². The van der Waals surface area contributed by atoms with Crippen LogP contribution in [0, 0.1) is 5.82 Å². The Morgan fingerprint density at radius 3 is 2.14 bits per heavy atom. The molecule has 1 unspecified atom stereocenters. The van der Waals surface area contributed by atoms with Gasteiger partial charge in [-0.15, -0.1) is 0 Å². The second kappa shape index (κ2) is 7.99. The quantitative estimate of drug-likeness (QED) is 0.606. The molecule has 0 saturated heterocycles. The Hall–Kier alpha value is -3.55. The molecule has 1 aliphatic rings. The minimum Gasteiger partial charge on any atom is -0.469 e. The number of fused-ring (bicyclic) bond motifs is 1. The topological polar surface area (TPSA) is 92.8 Å². The van der Waals surface area contributed by atoms with E-state index in [2.05, 4.69) is 10.1 Å². The summed E-state index contributed by atoms with van der Waals surface area (Å²) in [5, 5.41) is 2.60. The van der Waals surface area contributed by atoms with Gasteiger partial charge in [-0.25, -0.2) is 4.39 Å². The molecule has 0 bridgehead atoms. The van der Waals surface area contributed by atoms with Gasteiger partial charge in [0.2, 0.25) is 5.91 Å². The number of nitrogens with zero attached hydrogens (tertiary/aromatic N) is 1. The Kier molecular flexibility index (Phi) is 5.49. The molecule has 8 heteroatoms. The second-order valence-corrected chi connectivity index (χ2v) is 6.19. The third kappa shape index (κ3) is 3.90. The molecular formula is C20H17FN2O5. The van der Waals surface area contributed by atoms with Gasteiger partial charge in [-0.1, -0.05) is 24.3 Å². The van der Waals surface area contributed by atoms with E-state index >= 15 is 0 Å². The van der Waals surface area contributed by atoms with Crippen LogP contribution in [0.3, 0.4) is 0 Å². The summed E-state index contributed by atoms with van der Waals surface area (Å²) in [7, 11) is 1.21. The van der Waals surface area contributed by atoms with Crippen LogP contribution >= 0.6 is 0 Å². The van der Waals surface area contributed by atoms with Crippen molar-refractivity contribution in [1.82, 2.24) is 10.2 Å². The van der Waals surface area contributed by atoms with Crippen molar-refractivity contribution >= 4 is 23.7 Å². The highest BCUT2D eigenvalue weighted by Crippen LogP contribution is 2.23. The molecule has 28 heavy (non-hydrogen) atoms. The van der Waals surface area contributed by atoms with Crippen molar-refractivity contribution in [2.45, 2.75) is 12.5 Å². The van der Waals surface area contributed by atoms with Crippen molar-refractivity contribution in [3.05, 3.63) is 71.0 Å². The monoisotopic (exact) mass is 384 g/mol. The van der Waals surface area contributed by atoms with Crippen LogP contribution in [-0.2, 0) is 14.3 Å². The molecule has 1 N–H and O–H groups in total. The number of carbonyl (C=O) groups is 4. The van der Waals surface area contributed by atoms with Gasteiger partial charge < -0.3 is 10.1 Å². The van der Waals surface area contributed by atoms with E-state index in [9.17, 15) is 23.6 Å². The Bertz CT molecular complexity index is 907. The van der Waals surface area contributed by atoms with E-state index in [4.69, 9.17) is 0 Å². The summed E-state index contributed by atoms with van der Waals surface area (Å²) in [4.78, 5) is 49.7. The number of hydrogen-bond donors (Lipinski definition) is 1. The fraction of sp³-hybridized carbons (Fsp3) is 0.200. The summed E-state index contributed by atoms with van der Waals surface area (Å²) >= 11 is 0. The fourth-order valence-electron chi connectivity index (χ4n) is 2.96. The molecule has 2 aromatic carbocycles. The number of ether oxygens (including phenoxy) is 1. The molecule has 0 spiro atoms. The van der Waals surface area contributed by atoms with Crippen LogP contribution in [0.25, 0.3) is 0 Å². The molecule has 0 radical (unpaired) electrons. The minimum absolute atomic E-state index is 0.185. The summed E-state index contributed by atoms with van der Waals surface area (Å²) in [5.41, 5.74) is 0.970. The highest BCUT2D eigenvalue weighted by Gasteiger charge is 2.36. The van der Waals surface area contributed by atoms with E-state index in [0.29, 0.717) is 5.56 Å². The van der Waals surface area contributed by atoms with Crippen LogP contribution in [0.4, 0.5) is 4.39 Å². The van der Waals surface area contributed by atoms with Gasteiger partial charge in [0.15, 0.2) is 0 Å². The average molecular weight is 384 g/mol. The summed E-state index contributed by atoms with van der Waals surface area (Å²) in [6, 6.07) is 10.8. The lowest BCUT2D eigenvalue weighted by atomic mass is 10.0. The van der Waals surface area contributed by atoms with Crippen LogP contribution in [0.5, 0.6) is 0 Å². The molecule has 0 saturated carbocycles. The van der Waals surface area contributed by atoms with Crippen molar-refractivity contribution in [3.63, 3.8) is 0 Å². The maximum atomic E-state index is 13.2. The Labute approximate surface area is 160 Å². The molecule has 3 rings (SSSR count). The van der Waals surface area contributed by atoms with Crippen molar-refractivity contribution in [2.75, 3.05) is 13.7 Å². The molecule has 1 heterocycles. The Morgan fingerprint density at radius 2 is 1.61 bits per heavy atom. The van der Waals surface area contributed by atoms with Crippen LogP contribution in [0.15, 0.2) is 48.5 Å². The van der Waals surface area contributed by atoms with Gasteiger partial charge in [0, 0.05) is 0 Å². The van der Waals surface area contributed by atoms with Gasteiger partial charge >= 0.3 is 5.97 Å². The maximum Gasteiger partial charge on any atom is 0.307 e. The lowest BCUT2D eigenvalue weighted by Crippen LogP contribution is -2.42. The van der Waals surface area contributed by atoms with Gasteiger partial charge in [0.1, 0.15) is 12.4 Å². The normalized spacial score (nSPS) is 13.9. The third-order valence-electron chi connectivity index (χ3n) is 4.39. The summed E-state index contributed by atoms with van der Waals surface area (Å²) in [6.45, 7) is -0.495. The van der Waals surface area contributed by atoms with Crippen molar-refractivity contribution in [2.24, 2.45) is 0 Å². The highest BCUT2D eigenvalue weighted by molar-refractivity contribution is 6.22. The standard InChI is InChI=1S/C20H17FN2O5/c1-28-18(25)10-16(12-6-8-13(21)9-7-12)22-17(24)11-23-19(26)14-4-2-3-5-15(14)20(23)27/h2-9,16H,10-11H2,1H3,(H,22,24). The van der Waals surface area contributed by atoms with E-state index in [1.165, 1.54) is 43.5 Å². The smallest absolute Gasteiger partial charge is 0.307 e. The lowest BCUT2D eigenvalue weighted by molar-refractivity contribution is -0.141. The lowest BCUT2D eigenvalue weighted by Gasteiger charge is -2.20. The number of nitrogens with one attached hydrogen (secondary N) is 1. The minimum atomic E-state index is -0.796. The molecule has 1 aliphatic heterocycles. The Morgan fingerprint density at radius 1 is 1.04 bits per heavy atom. The molecule has 0 fully saturated rings. The largest absolute Gasteiger partial charge is 0.469 e. The number of halogens is 1. The first-order valence-corrected chi connectivity index (χ1v) is 8.47. The first-order chi connectivity index (χ1) is 13.4. The number of carbonyl (C=O) groups excluding carboxylic acids is 4. The van der Waals surface area contributed by atoms with E-state index in [0.717, 1.165) is 4.90 Å². The molecule has 1 atom stereocenters. The van der Waals surface area contributed by atoms with Crippen molar-refractivity contribution < 1.29 is 28.3 Å². The summed E-state index contributed by atoms with van der Waals surface area (Å²) < 4.78 is 17.8. The SMILES string of the molecule is COC(=O)CC(NC(=O)CN1C(=O)c2ccccc2C1=O)c1ccc(F)cc1. The molecular weight excluding hydrogens is 367 g/mol. The predicted molar refractivity (Wildman–Crippen MR) is 95.7 cm³/mol. The van der Waals surface area contributed by atoms with Crippen LogP contribution in [0.1, 0.15) is 38.7 Å². The van der Waals surface area contributed by atoms with Gasteiger partial charge in [-0.2, -0.15) is 0 Å². The van der Waals surface area contributed by atoms with Crippen molar-refractivity contribution in [1.29, 1.82) is 0 Å². The first kappa shape index (κ1) is 19.2.